The summed E-state index contributed by atoms with van der Waals surface area (Å²) in [6, 6.07) is 2.94. The molecule has 0 unspecified atom stereocenters. The van der Waals surface area contributed by atoms with E-state index in [-0.39, 0.29) is 11.5 Å². The number of Topliss-reactive ketones (excluding diaryl/α,β-unsaturated/α-hetero) is 1. The first kappa shape index (κ1) is 13.3. The van der Waals surface area contributed by atoms with Crippen LogP contribution in [-0.4, -0.2) is 12.4 Å². The SMILES string of the molecule is CCc1c(OC(F)F)ccc(C(C)=O)c1I. The van der Waals surface area contributed by atoms with Crippen LogP contribution in [0.2, 0.25) is 0 Å². The van der Waals surface area contributed by atoms with Crippen molar-refractivity contribution in [3.63, 3.8) is 0 Å². The maximum absolute atomic E-state index is 12.1. The van der Waals surface area contributed by atoms with E-state index in [1.54, 1.807) is 0 Å². The zero-order valence-corrected chi connectivity index (χ0v) is 11.0. The van der Waals surface area contributed by atoms with Gasteiger partial charge in [0.1, 0.15) is 5.75 Å². The standard InChI is InChI=1S/C11H11F2IO2/c1-3-7-9(16-11(12)13)5-4-8(6(2)15)10(7)14/h4-5,11H,3H2,1-2H3. The van der Waals surface area contributed by atoms with Crippen LogP contribution >= 0.6 is 22.6 Å². The number of rotatable bonds is 4. The lowest BCUT2D eigenvalue weighted by molar-refractivity contribution is -0.0504. The van der Waals surface area contributed by atoms with Crippen LogP contribution < -0.4 is 4.74 Å². The minimum atomic E-state index is -2.84. The van der Waals surface area contributed by atoms with Gasteiger partial charge in [0.05, 0.1) is 0 Å². The van der Waals surface area contributed by atoms with E-state index in [9.17, 15) is 13.6 Å². The Hall–Kier alpha value is -0.720. The molecule has 0 saturated heterocycles. The van der Waals surface area contributed by atoms with Crippen molar-refractivity contribution in [2.75, 3.05) is 0 Å². The van der Waals surface area contributed by atoms with Gasteiger partial charge in [-0.1, -0.05) is 6.92 Å². The maximum atomic E-state index is 12.1. The van der Waals surface area contributed by atoms with Gasteiger partial charge in [-0.3, -0.25) is 4.79 Å². The van der Waals surface area contributed by atoms with E-state index in [4.69, 9.17) is 0 Å². The van der Waals surface area contributed by atoms with Crippen molar-refractivity contribution in [1.82, 2.24) is 0 Å². The number of hydrogen-bond acceptors (Lipinski definition) is 2. The fraction of sp³-hybridized carbons (Fsp3) is 0.364. The molecule has 0 atom stereocenters. The van der Waals surface area contributed by atoms with Crippen molar-refractivity contribution in [2.24, 2.45) is 0 Å². The van der Waals surface area contributed by atoms with E-state index in [2.05, 4.69) is 4.74 Å². The summed E-state index contributed by atoms with van der Waals surface area (Å²) in [6.45, 7) is 0.439. The fourth-order valence-electron chi connectivity index (χ4n) is 1.41. The second-order valence-corrected chi connectivity index (χ2v) is 4.27. The average Bonchev–Trinajstić information content (AvgIpc) is 2.16. The number of ether oxygens (including phenoxy) is 1. The topological polar surface area (TPSA) is 26.3 Å². The molecular formula is C11H11F2IO2. The van der Waals surface area contributed by atoms with E-state index < -0.39 is 6.61 Å². The predicted octanol–water partition coefficient (Wildman–Crippen LogP) is 3.66. The second kappa shape index (κ2) is 5.56. The van der Waals surface area contributed by atoms with Crippen molar-refractivity contribution in [2.45, 2.75) is 26.9 Å². The van der Waals surface area contributed by atoms with Gasteiger partial charge >= 0.3 is 6.61 Å². The van der Waals surface area contributed by atoms with E-state index in [0.29, 0.717) is 21.1 Å². The molecule has 0 saturated carbocycles. The fourth-order valence-corrected chi connectivity index (χ4v) is 2.62. The lowest BCUT2D eigenvalue weighted by Gasteiger charge is -2.13. The monoisotopic (exact) mass is 340 g/mol. The van der Waals surface area contributed by atoms with Gasteiger partial charge in [-0.05, 0) is 48.1 Å². The summed E-state index contributed by atoms with van der Waals surface area (Å²) in [5.74, 6) is 0.0644. The highest BCUT2D eigenvalue weighted by atomic mass is 127. The number of carbonyl (C=O) groups is 1. The maximum Gasteiger partial charge on any atom is 0.387 e. The van der Waals surface area contributed by atoms with Gasteiger partial charge in [-0.15, -0.1) is 0 Å². The molecule has 0 aliphatic rings. The van der Waals surface area contributed by atoms with Crippen molar-refractivity contribution in [3.05, 3.63) is 26.8 Å². The molecule has 0 bridgehead atoms. The number of alkyl halides is 2. The summed E-state index contributed by atoms with van der Waals surface area (Å²) in [4.78, 5) is 11.3. The molecule has 0 fully saturated rings. The highest BCUT2D eigenvalue weighted by molar-refractivity contribution is 14.1. The van der Waals surface area contributed by atoms with E-state index in [1.807, 2.05) is 29.5 Å². The summed E-state index contributed by atoms with van der Waals surface area (Å²) < 4.78 is 29.4. The van der Waals surface area contributed by atoms with Gasteiger partial charge in [0, 0.05) is 14.7 Å². The summed E-state index contributed by atoms with van der Waals surface area (Å²) >= 11 is 1.98. The van der Waals surface area contributed by atoms with Gasteiger partial charge < -0.3 is 4.74 Å². The number of halogens is 3. The van der Waals surface area contributed by atoms with Gasteiger partial charge in [-0.25, -0.2) is 0 Å². The van der Waals surface area contributed by atoms with Crippen molar-refractivity contribution in [3.8, 4) is 5.75 Å². The molecule has 1 rings (SSSR count). The molecule has 0 heterocycles. The van der Waals surface area contributed by atoms with Crippen molar-refractivity contribution < 1.29 is 18.3 Å². The van der Waals surface area contributed by atoms with E-state index in [1.165, 1.54) is 19.1 Å². The van der Waals surface area contributed by atoms with Gasteiger partial charge in [0.2, 0.25) is 0 Å². The summed E-state index contributed by atoms with van der Waals surface area (Å²) in [6.07, 6.45) is 0.543. The summed E-state index contributed by atoms with van der Waals surface area (Å²) in [5, 5.41) is 0. The lowest BCUT2D eigenvalue weighted by atomic mass is 10.1. The zero-order valence-electron chi connectivity index (χ0n) is 8.89. The Labute approximate surface area is 106 Å². The van der Waals surface area contributed by atoms with Crippen LogP contribution in [0.1, 0.15) is 29.8 Å². The van der Waals surface area contributed by atoms with Crippen LogP contribution in [0.4, 0.5) is 8.78 Å². The van der Waals surface area contributed by atoms with Crippen molar-refractivity contribution in [1.29, 1.82) is 0 Å². The molecule has 0 radical (unpaired) electrons. The van der Waals surface area contributed by atoms with E-state index in [0.717, 1.165) is 0 Å². The first-order chi connectivity index (χ1) is 7.47. The first-order valence-corrected chi connectivity index (χ1v) is 5.82. The number of ketones is 1. The number of carbonyl (C=O) groups excluding carboxylic acids is 1. The van der Waals surface area contributed by atoms with Crippen LogP contribution in [0.3, 0.4) is 0 Å². The van der Waals surface area contributed by atoms with Gasteiger partial charge in [0.15, 0.2) is 5.78 Å². The Morgan fingerprint density at radius 1 is 1.50 bits per heavy atom. The average molecular weight is 340 g/mol. The van der Waals surface area contributed by atoms with Crippen LogP contribution in [0, 0.1) is 3.57 Å². The minimum Gasteiger partial charge on any atom is -0.435 e. The minimum absolute atomic E-state index is 0.0808. The molecular weight excluding hydrogens is 329 g/mol. The summed E-state index contributed by atoms with van der Waals surface area (Å²) in [5.41, 5.74) is 1.19. The third-order valence-electron chi connectivity index (χ3n) is 2.15. The molecule has 0 aliphatic heterocycles. The Balaban J connectivity index is 3.23. The third-order valence-corrected chi connectivity index (χ3v) is 3.38. The van der Waals surface area contributed by atoms with Gasteiger partial charge in [-0.2, -0.15) is 8.78 Å². The van der Waals surface area contributed by atoms with Crippen LogP contribution in [-0.2, 0) is 6.42 Å². The molecule has 0 aliphatic carbocycles. The number of hydrogen-bond donors (Lipinski definition) is 0. The molecule has 0 spiro atoms. The molecule has 0 aromatic heterocycles. The molecule has 1 aromatic carbocycles. The lowest BCUT2D eigenvalue weighted by Crippen LogP contribution is -2.07. The Morgan fingerprint density at radius 3 is 2.56 bits per heavy atom. The second-order valence-electron chi connectivity index (χ2n) is 3.19. The van der Waals surface area contributed by atoms with Gasteiger partial charge in [0.25, 0.3) is 0 Å². The number of benzene rings is 1. The molecule has 2 nitrogen and oxygen atoms in total. The molecule has 0 N–H and O–H groups in total. The van der Waals surface area contributed by atoms with Crippen LogP contribution in [0.5, 0.6) is 5.75 Å². The first-order valence-electron chi connectivity index (χ1n) is 4.74. The van der Waals surface area contributed by atoms with Crippen molar-refractivity contribution >= 4 is 28.4 Å². The van der Waals surface area contributed by atoms with Crippen LogP contribution in [0.25, 0.3) is 0 Å². The Morgan fingerprint density at radius 2 is 2.12 bits per heavy atom. The Kier molecular flexibility index (Phi) is 4.64. The Bertz CT molecular complexity index is 405. The van der Waals surface area contributed by atoms with Crippen LogP contribution in [0.15, 0.2) is 12.1 Å². The molecule has 16 heavy (non-hydrogen) atoms. The highest BCUT2D eigenvalue weighted by Crippen LogP contribution is 2.29. The molecule has 1 aromatic rings. The highest BCUT2D eigenvalue weighted by Gasteiger charge is 2.15. The zero-order chi connectivity index (χ0) is 12.3. The molecule has 0 amide bonds. The predicted molar refractivity (Wildman–Crippen MR) is 65.2 cm³/mol. The van der Waals surface area contributed by atoms with E-state index >= 15 is 0 Å². The summed E-state index contributed by atoms with van der Waals surface area (Å²) in [7, 11) is 0. The largest absolute Gasteiger partial charge is 0.435 e. The quantitative estimate of drug-likeness (QED) is 0.618. The third kappa shape index (κ3) is 2.90. The smallest absolute Gasteiger partial charge is 0.387 e. The normalized spacial score (nSPS) is 10.6. The molecule has 88 valence electrons. The molecule has 5 heteroatoms.